The number of benzene rings is 3. The molecule has 1 fully saturated rings. The minimum Gasteiger partial charge on any atom is -0.423 e. The lowest BCUT2D eigenvalue weighted by molar-refractivity contribution is 0.305. The molecule has 1 saturated heterocycles. The van der Waals surface area contributed by atoms with Crippen LogP contribution in [0.25, 0.3) is 21.9 Å². The van der Waals surface area contributed by atoms with Crippen LogP contribution in [0.4, 0.5) is 6.01 Å². The third-order valence-corrected chi connectivity index (χ3v) is 7.28. The summed E-state index contributed by atoms with van der Waals surface area (Å²) in [6.07, 6.45) is 0. The van der Waals surface area contributed by atoms with Gasteiger partial charge < -0.3 is 14.2 Å². The second-order valence-electron chi connectivity index (χ2n) is 7.40. The van der Waals surface area contributed by atoms with Gasteiger partial charge in [-0.15, -0.1) is 0 Å². The predicted octanol–water partition coefficient (Wildman–Crippen LogP) is 3.57. The van der Waals surface area contributed by atoms with Crippen molar-refractivity contribution in [3.63, 3.8) is 0 Å². The third-order valence-electron chi connectivity index (χ3n) is 5.47. The molecular weight excluding hydrogens is 386 g/mol. The van der Waals surface area contributed by atoms with Crippen molar-refractivity contribution < 1.29 is 12.8 Å². The first kappa shape index (κ1) is 18.1. The summed E-state index contributed by atoms with van der Waals surface area (Å²) in [5.74, 6) is 0. The van der Waals surface area contributed by atoms with Crippen LogP contribution in [0, 0.1) is 0 Å². The molecule has 0 bridgehead atoms. The first-order valence-corrected chi connectivity index (χ1v) is 11.1. The molecule has 4 aromatic rings. The van der Waals surface area contributed by atoms with E-state index in [0.717, 1.165) is 31.6 Å². The Kier molecular flexibility index (Phi) is 4.29. The van der Waals surface area contributed by atoms with E-state index in [0.29, 0.717) is 27.4 Å². The van der Waals surface area contributed by atoms with Crippen LogP contribution in [0.1, 0.15) is 0 Å². The molecule has 1 aliphatic rings. The number of piperazine rings is 1. The summed E-state index contributed by atoms with van der Waals surface area (Å²) in [7, 11) is -1.59. The summed E-state index contributed by atoms with van der Waals surface area (Å²) in [5.41, 5.74) is 1.15. The zero-order valence-electron chi connectivity index (χ0n) is 16.1. The standard InChI is InChI=1S/C22H21N3O3S/c1-24-11-13-25(14-12-24)22-23-19-15-17(9-10-20(19)28-22)29(26,27)21-8-4-6-16-5-2-3-7-18(16)21/h2-10,15H,11-14H2,1H3. The molecule has 0 aliphatic carbocycles. The average Bonchev–Trinajstić information content (AvgIpc) is 3.17. The fourth-order valence-electron chi connectivity index (χ4n) is 3.75. The number of aromatic nitrogens is 1. The Morgan fingerprint density at radius 1 is 0.931 bits per heavy atom. The molecule has 0 atom stereocenters. The topological polar surface area (TPSA) is 66.7 Å². The van der Waals surface area contributed by atoms with Gasteiger partial charge in [0.2, 0.25) is 9.84 Å². The molecule has 0 N–H and O–H groups in total. The maximum absolute atomic E-state index is 13.4. The number of nitrogens with zero attached hydrogens (tertiary/aromatic N) is 3. The normalized spacial score (nSPS) is 16.0. The van der Waals surface area contributed by atoms with Crippen molar-refractivity contribution in [2.45, 2.75) is 9.79 Å². The number of hydrogen-bond donors (Lipinski definition) is 0. The first-order chi connectivity index (χ1) is 14.0. The molecule has 2 heterocycles. The molecule has 0 amide bonds. The molecule has 0 saturated carbocycles. The van der Waals surface area contributed by atoms with E-state index in [1.54, 1.807) is 30.3 Å². The molecule has 3 aromatic carbocycles. The van der Waals surface area contributed by atoms with Crippen LogP contribution < -0.4 is 4.90 Å². The first-order valence-electron chi connectivity index (χ1n) is 9.59. The lowest BCUT2D eigenvalue weighted by atomic mass is 10.1. The molecule has 1 aromatic heterocycles. The number of fused-ring (bicyclic) bond motifs is 2. The highest BCUT2D eigenvalue weighted by atomic mass is 32.2. The van der Waals surface area contributed by atoms with Crippen molar-refractivity contribution >= 4 is 37.7 Å². The number of rotatable bonds is 3. The van der Waals surface area contributed by atoms with E-state index in [9.17, 15) is 8.42 Å². The van der Waals surface area contributed by atoms with Gasteiger partial charge in [0.05, 0.1) is 9.79 Å². The summed E-state index contributed by atoms with van der Waals surface area (Å²) in [4.78, 5) is 9.45. The summed E-state index contributed by atoms with van der Waals surface area (Å²) >= 11 is 0. The smallest absolute Gasteiger partial charge is 0.298 e. The Bertz CT molecular complexity index is 1300. The van der Waals surface area contributed by atoms with Gasteiger partial charge in [-0.2, -0.15) is 4.98 Å². The van der Waals surface area contributed by atoms with Crippen LogP contribution in [-0.2, 0) is 9.84 Å². The zero-order valence-corrected chi connectivity index (χ0v) is 16.9. The van der Waals surface area contributed by atoms with Crippen LogP contribution >= 0.6 is 0 Å². The number of anilines is 1. The van der Waals surface area contributed by atoms with Gasteiger partial charge in [-0.05, 0) is 36.7 Å². The lowest BCUT2D eigenvalue weighted by Crippen LogP contribution is -2.44. The second-order valence-corrected chi connectivity index (χ2v) is 9.32. The maximum Gasteiger partial charge on any atom is 0.298 e. The van der Waals surface area contributed by atoms with E-state index in [4.69, 9.17) is 4.42 Å². The number of likely N-dealkylation sites (N-methyl/N-ethyl adjacent to an activating group) is 1. The fraction of sp³-hybridized carbons (Fsp3) is 0.227. The fourth-order valence-corrected chi connectivity index (χ4v) is 5.25. The van der Waals surface area contributed by atoms with Gasteiger partial charge in [-0.1, -0.05) is 36.4 Å². The summed E-state index contributed by atoms with van der Waals surface area (Å²) in [5, 5.41) is 1.61. The van der Waals surface area contributed by atoms with Gasteiger partial charge >= 0.3 is 0 Å². The van der Waals surface area contributed by atoms with Crippen LogP contribution in [0.5, 0.6) is 0 Å². The van der Waals surface area contributed by atoms with E-state index in [-0.39, 0.29) is 4.90 Å². The quantitative estimate of drug-likeness (QED) is 0.517. The Labute approximate surface area is 169 Å². The van der Waals surface area contributed by atoms with E-state index in [2.05, 4.69) is 21.8 Å². The molecule has 6 nitrogen and oxygen atoms in total. The van der Waals surface area contributed by atoms with Crippen molar-refractivity contribution in [2.75, 3.05) is 38.1 Å². The number of sulfone groups is 1. The van der Waals surface area contributed by atoms with Gasteiger partial charge in [0, 0.05) is 31.6 Å². The molecular formula is C22H21N3O3S. The van der Waals surface area contributed by atoms with Crippen molar-refractivity contribution in [2.24, 2.45) is 0 Å². The van der Waals surface area contributed by atoms with Crippen molar-refractivity contribution in [1.29, 1.82) is 0 Å². The average molecular weight is 407 g/mol. The molecule has 7 heteroatoms. The zero-order chi connectivity index (χ0) is 20.0. The van der Waals surface area contributed by atoms with E-state index in [1.807, 2.05) is 30.3 Å². The molecule has 1 aliphatic heterocycles. The largest absolute Gasteiger partial charge is 0.423 e. The highest BCUT2D eigenvalue weighted by Crippen LogP contribution is 2.31. The highest BCUT2D eigenvalue weighted by molar-refractivity contribution is 7.91. The molecule has 29 heavy (non-hydrogen) atoms. The monoisotopic (exact) mass is 407 g/mol. The van der Waals surface area contributed by atoms with Crippen molar-refractivity contribution in [3.05, 3.63) is 60.7 Å². The summed E-state index contributed by atoms with van der Waals surface area (Å²) in [6, 6.07) is 18.3. The molecule has 0 spiro atoms. The molecule has 148 valence electrons. The van der Waals surface area contributed by atoms with Crippen LogP contribution in [0.2, 0.25) is 0 Å². The van der Waals surface area contributed by atoms with E-state index < -0.39 is 9.84 Å². The van der Waals surface area contributed by atoms with Crippen molar-refractivity contribution in [1.82, 2.24) is 9.88 Å². The van der Waals surface area contributed by atoms with E-state index in [1.165, 1.54) is 0 Å². The van der Waals surface area contributed by atoms with Gasteiger partial charge in [-0.25, -0.2) is 8.42 Å². The third kappa shape index (κ3) is 3.16. The van der Waals surface area contributed by atoms with Crippen LogP contribution in [-0.4, -0.2) is 51.5 Å². The SMILES string of the molecule is CN1CCN(c2nc3cc(S(=O)(=O)c4cccc5ccccc45)ccc3o2)CC1. The van der Waals surface area contributed by atoms with E-state index >= 15 is 0 Å². The van der Waals surface area contributed by atoms with Gasteiger partial charge in [0.15, 0.2) is 5.58 Å². The molecule has 0 radical (unpaired) electrons. The van der Waals surface area contributed by atoms with Crippen LogP contribution in [0.3, 0.4) is 0 Å². The minimum atomic E-state index is -3.68. The van der Waals surface area contributed by atoms with Gasteiger partial charge in [-0.3, -0.25) is 0 Å². The van der Waals surface area contributed by atoms with Crippen LogP contribution in [0.15, 0.2) is 74.9 Å². The second kappa shape index (κ2) is 6.86. The predicted molar refractivity (Wildman–Crippen MR) is 113 cm³/mol. The van der Waals surface area contributed by atoms with Gasteiger partial charge in [0.1, 0.15) is 5.52 Å². The Morgan fingerprint density at radius 2 is 1.69 bits per heavy atom. The molecule has 5 rings (SSSR count). The number of hydrogen-bond acceptors (Lipinski definition) is 6. The van der Waals surface area contributed by atoms with Gasteiger partial charge in [0.25, 0.3) is 6.01 Å². The summed E-state index contributed by atoms with van der Waals surface area (Å²) in [6.45, 7) is 3.56. The van der Waals surface area contributed by atoms with Crippen molar-refractivity contribution in [3.8, 4) is 0 Å². The Morgan fingerprint density at radius 3 is 2.52 bits per heavy atom. The number of oxazole rings is 1. The lowest BCUT2D eigenvalue weighted by Gasteiger charge is -2.31. The Hall–Kier alpha value is -2.90. The maximum atomic E-state index is 13.4. The Balaban J connectivity index is 1.56. The highest BCUT2D eigenvalue weighted by Gasteiger charge is 2.23. The summed E-state index contributed by atoms with van der Waals surface area (Å²) < 4.78 is 32.6. The molecule has 0 unspecified atom stereocenters. The minimum absolute atomic E-state index is 0.222.